The molecule has 0 amide bonds. The molecule has 0 radical (unpaired) electrons. The van der Waals surface area contributed by atoms with Crippen molar-refractivity contribution in [3.05, 3.63) is 326 Å². The zero-order chi connectivity index (χ0) is 50.2. The van der Waals surface area contributed by atoms with E-state index in [4.69, 9.17) is 0 Å². The van der Waals surface area contributed by atoms with Gasteiger partial charge >= 0.3 is 0 Å². The Kier molecular flexibility index (Phi) is 10.2. The fourth-order valence-electron chi connectivity index (χ4n) is 13.5. The number of hydrogen-bond acceptors (Lipinski definition) is 0. The molecular formula is C73H50N2Si. The molecule has 0 saturated carbocycles. The van der Waals surface area contributed by atoms with E-state index in [2.05, 4.69) is 312 Å². The van der Waals surface area contributed by atoms with Crippen molar-refractivity contribution in [3.8, 4) is 33.6 Å². The number of nitrogens with zero attached hydrogens (tertiary/aromatic N) is 2. The number of fused-ring (bicyclic) bond motifs is 9. The minimum Gasteiger partial charge on any atom is -0.307 e. The number of aromatic nitrogens is 2. The highest BCUT2D eigenvalue weighted by molar-refractivity contribution is 7.19. The Morgan fingerprint density at radius 2 is 0.763 bits per heavy atom. The fourth-order valence-corrected chi connectivity index (χ4v) is 18.3. The number of para-hydroxylation sites is 3. The lowest BCUT2D eigenvalue weighted by Crippen LogP contribution is -2.74. The Morgan fingerprint density at radius 3 is 1.42 bits per heavy atom. The molecular weight excluding hydrogens is 933 g/mol. The lowest BCUT2D eigenvalue weighted by molar-refractivity contribution is 0.769. The summed E-state index contributed by atoms with van der Waals surface area (Å²) in [7, 11) is -2.85. The molecule has 2 aromatic heterocycles. The van der Waals surface area contributed by atoms with Crippen LogP contribution in [0.1, 0.15) is 22.3 Å². The minimum atomic E-state index is -2.85. The van der Waals surface area contributed by atoms with Crippen LogP contribution in [0.3, 0.4) is 0 Å². The maximum Gasteiger partial charge on any atom is 0.179 e. The highest BCUT2D eigenvalue weighted by atomic mass is 28.3. The Morgan fingerprint density at radius 1 is 0.289 bits per heavy atom. The Hall–Kier alpha value is -9.54. The molecule has 3 heteroatoms. The van der Waals surface area contributed by atoms with Gasteiger partial charge in [0.05, 0.1) is 33.2 Å². The summed E-state index contributed by atoms with van der Waals surface area (Å²) < 4.78 is 5.08. The molecule has 0 spiro atoms. The average molecular weight is 983 g/mol. The highest BCUT2D eigenvalue weighted by Gasteiger charge is 2.46. The number of hydrogen-bond donors (Lipinski definition) is 0. The maximum absolute atomic E-state index is 2.85. The molecule has 0 saturated heterocycles. The van der Waals surface area contributed by atoms with Gasteiger partial charge in [0.25, 0.3) is 0 Å². The molecule has 76 heavy (non-hydrogen) atoms. The van der Waals surface area contributed by atoms with Crippen molar-refractivity contribution >= 4 is 72.4 Å². The van der Waals surface area contributed by atoms with Crippen LogP contribution in [0.4, 0.5) is 0 Å². The predicted octanol–water partition coefficient (Wildman–Crippen LogP) is 15.3. The molecule has 356 valence electrons. The van der Waals surface area contributed by atoms with E-state index >= 15 is 0 Å². The molecule has 15 rings (SSSR count). The van der Waals surface area contributed by atoms with Gasteiger partial charge in [0.1, 0.15) is 0 Å². The first-order valence-electron chi connectivity index (χ1n) is 26.4. The van der Waals surface area contributed by atoms with Gasteiger partial charge in [0, 0.05) is 27.2 Å². The van der Waals surface area contributed by atoms with E-state index in [1.807, 2.05) is 0 Å². The second-order valence-electron chi connectivity index (χ2n) is 20.3. The molecule has 0 atom stereocenters. The monoisotopic (exact) mass is 982 g/mol. The second kappa shape index (κ2) is 17.6. The minimum absolute atomic E-state index is 0.502. The molecule has 2 nitrogen and oxygen atoms in total. The predicted molar refractivity (Wildman–Crippen MR) is 321 cm³/mol. The van der Waals surface area contributed by atoms with Crippen LogP contribution in [-0.2, 0) is 5.41 Å². The molecule has 1 aliphatic rings. The topological polar surface area (TPSA) is 9.86 Å². The van der Waals surface area contributed by atoms with Crippen molar-refractivity contribution in [1.82, 2.24) is 9.13 Å². The summed E-state index contributed by atoms with van der Waals surface area (Å²) in [5, 5.41) is 10.3. The Bertz CT molecular complexity index is 4360. The van der Waals surface area contributed by atoms with Crippen LogP contribution in [0, 0.1) is 0 Å². The van der Waals surface area contributed by atoms with E-state index in [9.17, 15) is 0 Å². The van der Waals surface area contributed by atoms with Crippen LogP contribution in [0.25, 0.3) is 77.2 Å². The van der Waals surface area contributed by atoms with Crippen molar-refractivity contribution in [2.45, 2.75) is 5.41 Å². The molecule has 0 fully saturated rings. The molecule has 0 N–H and O–H groups in total. The van der Waals surface area contributed by atoms with Gasteiger partial charge in [-0.1, -0.05) is 261 Å². The quantitative estimate of drug-likeness (QED) is 0.101. The van der Waals surface area contributed by atoms with E-state index in [1.165, 1.54) is 109 Å². The van der Waals surface area contributed by atoms with Crippen molar-refractivity contribution in [2.75, 3.05) is 0 Å². The fraction of sp³-hybridized carbons (Fsp3) is 0.0137. The Balaban J connectivity index is 0.981. The first-order valence-corrected chi connectivity index (χ1v) is 28.4. The summed E-state index contributed by atoms with van der Waals surface area (Å²) in [5.74, 6) is 0. The van der Waals surface area contributed by atoms with Crippen molar-refractivity contribution in [2.24, 2.45) is 0 Å². The summed E-state index contributed by atoms with van der Waals surface area (Å²) in [6.07, 6.45) is 0. The first kappa shape index (κ1) is 44.0. The van der Waals surface area contributed by atoms with E-state index in [0.717, 1.165) is 11.4 Å². The van der Waals surface area contributed by atoms with Crippen molar-refractivity contribution in [3.63, 3.8) is 0 Å². The lowest BCUT2D eigenvalue weighted by atomic mass is 9.67. The summed E-state index contributed by atoms with van der Waals surface area (Å²) >= 11 is 0. The van der Waals surface area contributed by atoms with Gasteiger partial charge in [-0.3, -0.25) is 0 Å². The van der Waals surface area contributed by atoms with Crippen LogP contribution < -0.4 is 20.7 Å². The number of benzene rings is 12. The Labute approximate surface area is 443 Å². The third-order valence-corrected chi connectivity index (χ3v) is 21.3. The van der Waals surface area contributed by atoms with E-state index in [1.54, 1.807) is 0 Å². The second-order valence-corrected chi connectivity index (χ2v) is 24.1. The zero-order valence-electron chi connectivity index (χ0n) is 41.8. The number of rotatable bonds is 9. The summed E-state index contributed by atoms with van der Waals surface area (Å²) in [4.78, 5) is 0. The van der Waals surface area contributed by atoms with Gasteiger partial charge in [-0.2, -0.15) is 0 Å². The van der Waals surface area contributed by atoms with Crippen LogP contribution in [0.15, 0.2) is 303 Å². The normalized spacial score (nSPS) is 12.8. The van der Waals surface area contributed by atoms with E-state index in [-0.39, 0.29) is 0 Å². The third-order valence-electron chi connectivity index (χ3n) is 16.5. The van der Waals surface area contributed by atoms with Crippen LogP contribution >= 0.6 is 0 Å². The SMILES string of the molecule is c1ccc(C2(c3ccccc3)c3ccccc3-c3ccc(-c4cccc5c4c4ccccc4n5-c4cccc5c6ccccc6n(-c6cccc([Si](c7ccccc7)(c7ccccc7)c7ccccc7)c6)c45)cc32)cc1. The largest absolute Gasteiger partial charge is 0.307 e. The van der Waals surface area contributed by atoms with Crippen LogP contribution in [0.5, 0.6) is 0 Å². The van der Waals surface area contributed by atoms with Crippen molar-refractivity contribution < 1.29 is 0 Å². The highest BCUT2D eigenvalue weighted by Crippen LogP contribution is 2.57. The van der Waals surface area contributed by atoms with Gasteiger partial charge < -0.3 is 9.13 Å². The van der Waals surface area contributed by atoms with Gasteiger partial charge in [0.2, 0.25) is 0 Å². The standard InChI is InChI=1S/C73H50N2Si/c1-6-25-52(26-7-1)73(53-27-8-2-9-28-53)65-42-19-16-37-60(65)61-48-47-51(49-66(61)73)59-40-23-45-69-71(59)64-39-18-21-44-68(64)75(69)70-46-24-41-63-62-38-17-20-43-67(62)74(72(63)70)54-29-22-36-58(50-54)76(55-30-10-3-11-31-55,56-32-12-4-13-33-56)57-34-14-5-15-35-57/h1-50H. The zero-order valence-corrected chi connectivity index (χ0v) is 42.8. The molecule has 0 bridgehead atoms. The molecule has 0 unspecified atom stereocenters. The summed E-state index contributed by atoms with van der Waals surface area (Å²) in [5.41, 5.74) is 16.6. The smallest absolute Gasteiger partial charge is 0.179 e. The van der Waals surface area contributed by atoms with Crippen LogP contribution in [-0.4, -0.2) is 17.2 Å². The maximum atomic E-state index is 2.54. The van der Waals surface area contributed by atoms with Gasteiger partial charge in [-0.05, 0) is 108 Å². The summed E-state index contributed by atoms with van der Waals surface area (Å²) in [6, 6.07) is 113. The molecule has 1 aliphatic carbocycles. The van der Waals surface area contributed by atoms with Crippen molar-refractivity contribution in [1.29, 1.82) is 0 Å². The van der Waals surface area contributed by atoms with Gasteiger partial charge in [-0.25, -0.2) is 0 Å². The summed E-state index contributed by atoms with van der Waals surface area (Å²) in [6.45, 7) is 0. The average Bonchev–Trinajstić information content (AvgIpc) is 4.24. The van der Waals surface area contributed by atoms with E-state index < -0.39 is 13.5 Å². The van der Waals surface area contributed by atoms with Crippen LogP contribution in [0.2, 0.25) is 0 Å². The third kappa shape index (κ3) is 6.33. The first-order chi connectivity index (χ1) is 37.7. The van der Waals surface area contributed by atoms with Gasteiger partial charge in [-0.15, -0.1) is 0 Å². The molecule has 2 heterocycles. The molecule has 14 aromatic rings. The lowest BCUT2D eigenvalue weighted by Gasteiger charge is -2.34. The molecule has 0 aliphatic heterocycles. The van der Waals surface area contributed by atoms with E-state index in [0.29, 0.717) is 0 Å². The van der Waals surface area contributed by atoms with Gasteiger partial charge in [0.15, 0.2) is 8.07 Å². The molecule has 12 aromatic carbocycles.